The summed E-state index contributed by atoms with van der Waals surface area (Å²) in [5.74, 6) is 0.442. The number of ether oxygens (including phenoxy) is 2. The van der Waals surface area contributed by atoms with Gasteiger partial charge in [-0.05, 0) is 42.5 Å². The number of aromatic nitrogens is 2. The summed E-state index contributed by atoms with van der Waals surface area (Å²) >= 11 is 0. The number of methoxy groups -OCH3 is 2. The van der Waals surface area contributed by atoms with Crippen LogP contribution in [0.2, 0.25) is 0 Å². The van der Waals surface area contributed by atoms with Gasteiger partial charge in [-0.3, -0.25) is 0 Å². The quantitative estimate of drug-likeness (QED) is 0.409. The van der Waals surface area contributed by atoms with Crippen molar-refractivity contribution in [3.63, 3.8) is 0 Å². The first kappa shape index (κ1) is 20.4. The smallest absolute Gasteiger partial charge is 0.338 e. The number of hydrogen-bond donors (Lipinski definition) is 0. The van der Waals surface area contributed by atoms with Crippen LogP contribution in [0.5, 0.6) is 5.88 Å². The van der Waals surface area contributed by atoms with Crippen molar-refractivity contribution in [3.8, 4) is 17.0 Å². The molecule has 0 fully saturated rings. The summed E-state index contributed by atoms with van der Waals surface area (Å²) in [7, 11) is 3.07. The Labute approximate surface area is 171 Å². The third kappa shape index (κ3) is 4.40. The summed E-state index contributed by atoms with van der Waals surface area (Å²) in [4.78, 5) is 12.0. The Morgan fingerprint density at radius 1 is 1.14 bits per heavy atom. The minimum Gasteiger partial charge on any atom is -0.481 e. The minimum atomic E-state index is -0.339. The Morgan fingerprint density at radius 3 is 2.52 bits per heavy atom. The molecule has 0 amide bonds. The van der Waals surface area contributed by atoms with Crippen LogP contribution in [-0.4, -0.2) is 30.0 Å². The lowest BCUT2D eigenvalue weighted by Crippen LogP contribution is -2.05. The molecular weight excluding hydrogens is 364 g/mol. The van der Waals surface area contributed by atoms with E-state index < -0.39 is 0 Å². The highest BCUT2D eigenvalue weighted by Crippen LogP contribution is 2.26. The van der Waals surface area contributed by atoms with E-state index in [9.17, 15) is 4.79 Å². The number of rotatable bonds is 8. The van der Waals surface area contributed by atoms with Gasteiger partial charge >= 0.3 is 5.97 Å². The van der Waals surface area contributed by atoms with E-state index in [0.29, 0.717) is 12.1 Å². The number of aryl methyl sites for hydroxylation is 1. The van der Waals surface area contributed by atoms with Crippen molar-refractivity contribution in [2.75, 3.05) is 14.2 Å². The fourth-order valence-corrected chi connectivity index (χ4v) is 3.41. The molecule has 0 aliphatic rings. The van der Waals surface area contributed by atoms with Crippen LogP contribution in [-0.2, 0) is 17.7 Å². The van der Waals surface area contributed by atoms with E-state index >= 15 is 0 Å². The fourth-order valence-electron chi connectivity index (χ4n) is 3.41. The van der Waals surface area contributed by atoms with E-state index in [1.54, 1.807) is 13.2 Å². The highest BCUT2D eigenvalue weighted by atomic mass is 16.5. The van der Waals surface area contributed by atoms with Crippen molar-refractivity contribution in [1.29, 1.82) is 0 Å². The van der Waals surface area contributed by atoms with E-state index in [4.69, 9.17) is 14.6 Å². The molecule has 0 bridgehead atoms. The molecule has 5 nitrogen and oxygen atoms in total. The van der Waals surface area contributed by atoms with Crippen molar-refractivity contribution >= 4 is 5.97 Å². The van der Waals surface area contributed by atoms with Crippen LogP contribution in [0.3, 0.4) is 0 Å². The zero-order chi connectivity index (χ0) is 20.8. The Balaban J connectivity index is 1.86. The molecule has 1 aromatic heterocycles. The summed E-state index contributed by atoms with van der Waals surface area (Å²) in [6.45, 7) is 6.43. The molecule has 0 radical (unpaired) electrons. The average molecular weight is 390 g/mol. The lowest BCUT2D eigenvalue weighted by molar-refractivity contribution is 0.0601. The number of benzene rings is 2. The maximum atomic E-state index is 12.0. The molecular formula is C24H26N2O3. The number of esters is 1. The third-order valence-electron chi connectivity index (χ3n) is 4.94. The number of hydrogen-bond acceptors (Lipinski definition) is 4. The van der Waals surface area contributed by atoms with Gasteiger partial charge in [0.05, 0.1) is 32.0 Å². The maximum Gasteiger partial charge on any atom is 0.338 e. The molecule has 150 valence electrons. The summed E-state index contributed by atoms with van der Waals surface area (Å²) in [6, 6.07) is 15.6. The molecule has 3 aromatic rings. The van der Waals surface area contributed by atoms with Crippen LogP contribution in [0.15, 0.2) is 61.2 Å². The van der Waals surface area contributed by atoms with Crippen molar-refractivity contribution in [3.05, 3.63) is 83.6 Å². The molecule has 0 spiro atoms. The van der Waals surface area contributed by atoms with Crippen LogP contribution < -0.4 is 4.74 Å². The minimum absolute atomic E-state index is 0.339. The number of nitrogens with zero attached hydrogens (tertiary/aromatic N) is 2. The normalized spacial score (nSPS) is 10.6. The van der Waals surface area contributed by atoms with Gasteiger partial charge < -0.3 is 9.47 Å². The molecule has 0 unspecified atom stereocenters. The molecule has 0 N–H and O–H groups in total. The van der Waals surface area contributed by atoms with Crippen molar-refractivity contribution in [1.82, 2.24) is 9.78 Å². The van der Waals surface area contributed by atoms with Crippen LogP contribution in [0.1, 0.15) is 33.6 Å². The van der Waals surface area contributed by atoms with E-state index in [1.807, 2.05) is 60.1 Å². The second-order valence-corrected chi connectivity index (χ2v) is 6.80. The van der Waals surface area contributed by atoms with E-state index in [1.165, 1.54) is 7.11 Å². The first-order valence-electron chi connectivity index (χ1n) is 9.56. The Hall–Kier alpha value is -3.34. The first-order chi connectivity index (χ1) is 14.1. The van der Waals surface area contributed by atoms with E-state index in [2.05, 4.69) is 6.58 Å². The molecule has 2 aromatic carbocycles. The van der Waals surface area contributed by atoms with Gasteiger partial charge in [-0.15, -0.1) is 6.58 Å². The van der Waals surface area contributed by atoms with E-state index in [0.717, 1.165) is 46.7 Å². The van der Waals surface area contributed by atoms with Crippen molar-refractivity contribution in [2.24, 2.45) is 0 Å². The first-order valence-corrected chi connectivity index (χ1v) is 9.56. The van der Waals surface area contributed by atoms with Crippen LogP contribution in [0, 0.1) is 6.92 Å². The van der Waals surface area contributed by atoms with Gasteiger partial charge in [0, 0.05) is 5.56 Å². The van der Waals surface area contributed by atoms with Crippen LogP contribution >= 0.6 is 0 Å². The van der Waals surface area contributed by atoms with Gasteiger partial charge in [0.15, 0.2) is 0 Å². The van der Waals surface area contributed by atoms with Gasteiger partial charge in [0.2, 0.25) is 5.88 Å². The fraction of sp³-hybridized carbons (Fsp3) is 0.250. The molecule has 29 heavy (non-hydrogen) atoms. The maximum absolute atomic E-state index is 12.0. The van der Waals surface area contributed by atoms with Gasteiger partial charge in [0.1, 0.15) is 0 Å². The Kier molecular flexibility index (Phi) is 6.50. The molecule has 0 saturated heterocycles. The Bertz CT molecular complexity index is 1000. The number of allylic oxidation sites excluding steroid dienone is 1. The van der Waals surface area contributed by atoms with Crippen LogP contribution in [0.4, 0.5) is 0 Å². The van der Waals surface area contributed by atoms with Gasteiger partial charge in [-0.25, -0.2) is 9.48 Å². The SMILES string of the molecule is C=CCCc1nn(Cc2ccc(-c3ccccc3C(=O)OC)cc2)c(OC)c1C. The monoisotopic (exact) mass is 390 g/mol. The molecule has 0 saturated carbocycles. The predicted octanol–water partition coefficient (Wildman–Crippen LogP) is 4.82. The zero-order valence-electron chi connectivity index (χ0n) is 17.1. The summed E-state index contributed by atoms with van der Waals surface area (Å²) in [5, 5.41) is 4.73. The average Bonchev–Trinajstić information content (AvgIpc) is 3.06. The largest absolute Gasteiger partial charge is 0.481 e. The summed E-state index contributed by atoms with van der Waals surface area (Å²) < 4.78 is 12.4. The van der Waals surface area contributed by atoms with Gasteiger partial charge in [0.25, 0.3) is 0 Å². The van der Waals surface area contributed by atoms with E-state index in [-0.39, 0.29) is 5.97 Å². The third-order valence-corrected chi connectivity index (χ3v) is 4.94. The van der Waals surface area contributed by atoms with Crippen molar-refractivity contribution in [2.45, 2.75) is 26.3 Å². The number of carbonyl (C=O) groups excluding carboxylic acids is 1. The van der Waals surface area contributed by atoms with Crippen LogP contribution in [0.25, 0.3) is 11.1 Å². The molecule has 3 rings (SSSR count). The summed E-state index contributed by atoms with van der Waals surface area (Å²) in [6.07, 6.45) is 3.63. The molecule has 0 atom stereocenters. The molecule has 0 aliphatic carbocycles. The standard InChI is InChI=1S/C24H26N2O3/c1-5-6-11-22-17(2)23(28-3)26(25-22)16-18-12-14-19(15-13-18)20-9-7-8-10-21(20)24(27)29-4/h5,7-10,12-15H,1,6,11,16H2,2-4H3. The molecule has 5 heteroatoms. The van der Waals surface area contributed by atoms with Crippen molar-refractivity contribution < 1.29 is 14.3 Å². The second kappa shape index (κ2) is 9.24. The lowest BCUT2D eigenvalue weighted by atomic mass is 9.99. The highest BCUT2D eigenvalue weighted by Gasteiger charge is 2.15. The van der Waals surface area contributed by atoms with Gasteiger partial charge in [-0.2, -0.15) is 5.10 Å². The number of carbonyl (C=O) groups is 1. The van der Waals surface area contributed by atoms with Gasteiger partial charge in [-0.1, -0.05) is 48.5 Å². The second-order valence-electron chi connectivity index (χ2n) is 6.80. The lowest BCUT2D eigenvalue weighted by Gasteiger charge is -2.10. The molecule has 0 aliphatic heterocycles. The topological polar surface area (TPSA) is 53.4 Å². The Morgan fingerprint density at radius 2 is 1.86 bits per heavy atom. The predicted molar refractivity (Wildman–Crippen MR) is 114 cm³/mol. The molecule has 1 heterocycles. The zero-order valence-corrected chi connectivity index (χ0v) is 17.1. The summed E-state index contributed by atoms with van der Waals surface area (Å²) in [5.41, 5.74) is 5.57. The highest BCUT2D eigenvalue weighted by molar-refractivity contribution is 5.97.